The molecule has 9 heteroatoms. The number of phenolic OH excluding ortho intramolecular Hbond substituents is 1. The van der Waals surface area contributed by atoms with Crippen LogP contribution in [-0.4, -0.2) is 58.8 Å². The molecule has 3 atom stereocenters. The molecule has 2 heterocycles. The number of hydrogen-bond acceptors (Lipinski definition) is 7. The summed E-state index contributed by atoms with van der Waals surface area (Å²) in [4.78, 5) is 38.2. The molecule has 2 aliphatic rings. The van der Waals surface area contributed by atoms with Crippen molar-refractivity contribution in [2.24, 2.45) is 0 Å². The Hall–Kier alpha value is -3.43. The number of aliphatic carboxylic acids is 1. The maximum Gasteiger partial charge on any atom is 0.338 e. The lowest BCUT2D eigenvalue weighted by molar-refractivity contribution is -0.219. The number of rotatable bonds is 5. The van der Waals surface area contributed by atoms with Gasteiger partial charge in [-0.2, -0.15) is 0 Å². The van der Waals surface area contributed by atoms with Crippen LogP contribution < -0.4 is 0 Å². The number of morpholine rings is 1. The minimum atomic E-state index is -1.50. The summed E-state index contributed by atoms with van der Waals surface area (Å²) in [5.41, 5.74) is 1.32. The van der Waals surface area contributed by atoms with Gasteiger partial charge < -0.3 is 29.3 Å². The van der Waals surface area contributed by atoms with E-state index in [0.29, 0.717) is 16.7 Å². The van der Waals surface area contributed by atoms with Gasteiger partial charge in [-0.3, -0.25) is 4.79 Å². The molecule has 2 aromatic rings. The molecule has 0 radical (unpaired) electrons. The number of carbonyl (C=O) groups excluding carboxylic acids is 2. The molecule has 0 aromatic heterocycles. The number of aromatic hydroxyl groups is 1. The zero-order valence-electron chi connectivity index (χ0n) is 16.0. The van der Waals surface area contributed by atoms with Crippen LogP contribution >= 0.6 is 0 Å². The number of hydrogen-bond donors (Lipinski definition) is 2. The molecule has 9 nitrogen and oxygen atoms in total. The molecular weight excluding hydrogens is 394 g/mol. The number of carbonyl (C=O) groups is 3. The van der Waals surface area contributed by atoms with E-state index in [1.54, 1.807) is 36.4 Å². The molecule has 0 spiro atoms. The number of nitrogens with zero attached hydrogens (tertiary/aromatic N) is 1. The van der Waals surface area contributed by atoms with E-state index < -0.39 is 35.8 Å². The predicted molar refractivity (Wildman–Crippen MR) is 100 cm³/mol. The zero-order valence-corrected chi connectivity index (χ0v) is 16.0. The van der Waals surface area contributed by atoms with E-state index in [4.69, 9.17) is 14.2 Å². The summed E-state index contributed by atoms with van der Waals surface area (Å²) in [6.07, 6.45) is -2.82. The van der Waals surface area contributed by atoms with Crippen molar-refractivity contribution < 1.29 is 38.8 Å². The van der Waals surface area contributed by atoms with Crippen LogP contribution in [0.3, 0.4) is 0 Å². The Bertz CT molecular complexity index is 1000. The second-order valence-electron chi connectivity index (χ2n) is 7.06. The van der Waals surface area contributed by atoms with Gasteiger partial charge in [0.1, 0.15) is 5.75 Å². The first kappa shape index (κ1) is 19.9. The lowest BCUT2D eigenvalue weighted by atomic mass is 10.0. The van der Waals surface area contributed by atoms with Crippen LogP contribution in [0.15, 0.2) is 48.5 Å². The number of amides is 1. The number of phenols is 1. The Labute approximate surface area is 171 Å². The van der Waals surface area contributed by atoms with E-state index in [2.05, 4.69) is 0 Å². The van der Waals surface area contributed by atoms with Gasteiger partial charge in [0.15, 0.2) is 12.2 Å². The fraction of sp³-hybridized carbons (Fsp3) is 0.286. The highest BCUT2D eigenvalue weighted by molar-refractivity contribution is 5.92. The topological polar surface area (TPSA) is 123 Å². The summed E-state index contributed by atoms with van der Waals surface area (Å²) in [5.74, 6) is -3.88. The van der Waals surface area contributed by atoms with Gasteiger partial charge in [-0.25, -0.2) is 9.59 Å². The highest BCUT2D eigenvalue weighted by Gasteiger charge is 2.60. The number of benzene rings is 2. The summed E-state index contributed by atoms with van der Waals surface area (Å²) in [7, 11) is 1.27. The maximum absolute atomic E-state index is 13.0. The first-order valence-electron chi connectivity index (χ1n) is 9.17. The number of fused-ring (bicyclic) bond motifs is 2. The van der Waals surface area contributed by atoms with Gasteiger partial charge in [0.25, 0.3) is 5.91 Å². The Kier molecular flexibility index (Phi) is 4.92. The number of carboxylic acids is 1. The largest absolute Gasteiger partial charge is 0.508 e. The van der Waals surface area contributed by atoms with Crippen molar-refractivity contribution in [2.75, 3.05) is 13.7 Å². The third-order valence-electron chi connectivity index (χ3n) is 5.20. The third kappa shape index (κ3) is 3.27. The van der Waals surface area contributed by atoms with Gasteiger partial charge in [-0.1, -0.05) is 18.2 Å². The van der Waals surface area contributed by atoms with Crippen LogP contribution in [0.4, 0.5) is 0 Å². The van der Waals surface area contributed by atoms with E-state index in [0.717, 1.165) is 0 Å². The summed E-state index contributed by atoms with van der Waals surface area (Å²) in [6, 6.07) is 12.6. The Morgan fingerprint density at radius 3 is 2.53 bits per heavy atom. The zero-order chi connectivity index (χ0) is 21.5. The monoisotopic (exact) mass is 413 g/mol. The first-order chi connectivity index (χ1) is 14.3. The molecular formula is C21H19NO8. The van der Waals surface area contributed by atoms with E-state index in [1.165, 1.54) is 24.1 Å². The van der Waals surface area contributed by atoms with Gasteiger partial charge in [-0.15, -0.1) is 0 Å². The summed E-state index contributed by atoms with van der Waals surface area (Å²) in [5, 5.41) is 19.1. The van der Waals surface area contributed by atoms with Crippen LogP contribution in [0.5, 0.6) is 5.75 Å². The van der Waals surface area contributed by atoms with Crippen LogP contribution in [0.1, 0.15) is 21.5 Å². The minimum Gasteiger partial charge on any atom is -0.508 e. The average Bonchev–Trinajstić information content (AvgIpc) is 3.09. The van der Waals surface area contributed by atoms with Crippen molar-refractivity contribution in [2.45, 2.75) is 24.5 Å². The van der Waals surface area contributed by atoms with E-state index in [9.17, 15) is 24.6 Å². The van der Waals surface area contributed by atoms with Crippen molar-refractivity contribution in [3.8, 4) is 5.75 Å². The molecule has 2 saturated heterocycles. The van der Waals surface area contributed by atoms with Crippen LogP contribution in [0.25, 0.3) is 0 Å². The molecule has 2 fully saturated rings. The maximum atomic E-state index is 13.0. The molecule has 3 unspecified atom stereocenters. The Morgan fingerprint density at radius 2 is 1.87 bits per heavy atom. The van der Waals surface area contributed by atoms with Crippen molar-refractivity contribution >= 4 is 17.8 Å². The molecule has 2 aliphatic heterocycles. The van der Waals surface area contributed by atoms with Crippen LogP contribution in [0.2, 0.25) is 0 Å². The Balaban J connectivity index is 1.71. The van der Waals surface area contributed by atoms with Crippen molar-refractivity contribution in [3.05, 3.63) is 65.2 Å². The number of esters is 1. The fourth-order valence-electron chi connectivity index (χ4n) is 3.75. The molecule has 0 aliphatic carbocycles. The van der Waals surface area contributed by atoms with Crippen LogP contribution in [0, 0.1) is 0 Å². The molecule has 1 amide bonds. The highest BCUT2D eigenvalue weighted by Crippen LogP contribution is 2.43. The second kappa shape index (κ2) is 7.43. The van der Waals surface area contributed by atoms with E-state index in [-0.39, 0.29) is 18.8 Å². The fourth-order valence-corrected chi connectivity index (χ4v) is 3.75. The van der Waals surface area contributed by atoms with Gasteiger partial charge >= 0.3 is 11.9 Å². The summed E-state index contributed by atoms with van der Waals surface area (Å²) in [6.45, 7) is -0.0497. The Morgan fingerprint density at radius 1 is 1.17 bits per heavy atom. The van der Waals surface area contributed by atoms with Crippen molar-refractivity contribution in [3.63, 3.8) is 0 Å². The van der Waals surface area contributed by atoms with Crippen molar-refractivity contribution in [1.29, 1.82) is 0 Å². The summed E-state index contributed by atoms with van der Waals surface area (Å²) < 4.78 is 16.3. The van der Waals surface area contributed by atoms with Crippen LogP contribution in [-0.2, 0) is 36.1 Å². The average molecular weight is 413 g/mol. The quantitative estimate of drug-likeness (QED) is 0.702. The molecule has 30 heavy (non-hydrogen) atoms. The van der Waals surface area contributed by atoms with Crippen molar-refractivity contribution in [1.82, 2.24) is 4.90 Å². The SMILES string of the molecule is COC(=O)c1ccccc1CN1CC2(c3ccc(O)cc3)OC(C(=O)O)C(O2)C1=O. The van der Waals surface area contributed by atoms with Gasteiger partial charge in [0.2, 0.25) is 5.79 Å². The molecule has 2 bridgehead atoms. The lowest BCUT2D eigenvalue weighted by Crippen LogP contribution is -2.53. The molecule has 4 rings (SSSR count). The third-order valence-corrected chi connectivity index (χ3v) is 5.20. The molecule has 156 valence electrons. The van der Waals surface area contributed by atoms with Gasteiger partial charge in [0.05, 0.1) is 19.2 Å². The van der Waals surface area contributed by atoms with E-state index >= 15 is 0 Å². The minimum absolute atomic E-state index is 0.0234. The number of methoxy groups -OCH3 is 1. The lowest BCUT2D eigenvalue weighted by Gasteiger charge is -2.38. The number of ether oxygens (including phenoxy) is 3. The molecule has 2 N–H and O–H groups in total. The standard InChI is InChI=1S/C21H19NO8/c1-28-20(27)15-5-3-2-4-12(15)10-22-11-21(13-6-8-14(23)9-7-13)29-16(18(22)24)17(30-21)19(25)26/h2-9,16-17,23H,10-11H2,1H3,(H,25,26). The van der Waals surface area contributed by atoms with Gasteiger partial charge in [0, 0.05) is 12.1 Å². The second-order valence-corrected chi connectivity index (χ2v) is 7.06. The number of carboxylic acid groups (broad SMARTS) is 1. The molecule has 0 saturated carbocycles. The summed E-state index contributed by atoms with van der Waals surface area (Å²) >= 11 is 0. The molecule has 2 aromatic carbocycles. The first-order valence-corrected chi connectivity index (χ1v) is 9.17. The van der Waals surface area contributed by atoms with E-state index in [1.807, 2.05) is 0 Å². The predicted octanol–water partition coefficient (Wildman–Crippen LogP) is 1.24. The van der Waals surface area contributed by atoms with Gasteiger partial charge in [-0.05, 0) is 35.9 Å². The highest BCUT2D eigenvalue weighted by atomic mass is 16.8. The normalized spacial score (nSPS) is 25.2. The smallest absolute Gasteiger partial charge is 0.338 e.